The van der Waals surface area contributed by atoms with Crippen molar-refractivity contribution in [2.75, 3.05) is 38.2 Å². The molecule has 9 heteroatoms. The lowest BCUT2D eigenvalue weighted by atomic mass is 10.0. The summed E-state index contributed by atoms with van der Waals surface area (Å²) in [5.41, 5.74) is 1.87. The third-order valence-corrected chi connectivity index (χ3v) is 7.33. The standard InChI is InChI=1S/C27H31FN4O3S/c1-19(30-27(34)26(33)29-18-20-5-11-23(35-2)12-6-20)25(24-4-3-17-36-24)32-15-13-31(14-16-32)22-9-7-21(28)8-10-22/h3-12,17,19,25H,13-16,18H2,1-2H3,(H,29,33)(H,30,34)/t19-,25+/m0/s1. The SMILES string of the molecule is COc1ccc(CNC(=O)C(=O)N[C@@H](C)[C@H](c2cccs2)N2CCN(c3ccc(F)cc3)CC2)cc1. The van der Waals surface area contributed by atoms with Crippen LogP contribution in [-0.4, -0.2) is 56.0 Å². The number of halogens is 1. The number of amides is 2. The minimum atomic E-state index is -0.663. The highest BCUT2D eigenvalue weighted by atomic mass is 32.1. The van der Waals surface area contributed by atoms with E-state index in [4.69, 9.17) is 4.74 Å². The Bertz CT molecular complexity index is 1130. The molecule has 2 amide bonds. The fraction of sp³-hybridized carbons (Fsp3) is 0.333. The zero-order valence-electron chi connectivity index (χ0n) is 20.4. The summed E-state index contributed by atoms with van der Waals surface area (Å²) in [5.74, 6) is -0.825. The molecule has 0 unspecified atom stereocenters. The van der Waals surface area contributed by atoms with Gasteiger partial charge in [-0.2, -0.15) is 0 Å². The predicted octanol–water partition coefficient (Wildman–Crippen LogP) is 3.58. The van der Waals surface area contributed by atoms with Crippen LogP contribution in [0.5, 0.6) is 5.75 Å². The number of ether oxygens (including phenoxy) is 1. The van der Waals surface area contributed by atoms with Crippen LogP contribution in [0.2, 0.25) is 0 Å². The van der Waals surface area contributed by atoms with Crippen molar-refractivity contribution in [1.82, 2.24) is 15.5 Å². The molecule has 0 spiro atoms. The molecule has 0 aliphatic carbocycles. The van der Waals surface area contributed by atoms with Crippen molar-refractivity contribution in [3.05, 3.63) is 82.3 Å². The lowest BCUT2D eigenvalue weighted by Crippen LogP contribution is -2.53. The maximum Gasteiger partial charge on any atom is 0.309 e. The zero-order valence-corrected chi connectivity index (χ0v) is 21.3. The number of nitrogens with one attached hydrogen (secondary N) is 2. The number of carbonyl (C=O) groups is 2. The summed E-state index contributed by atoms with van der Waals surface area (Å²) in [6.45, 7) is 5.33. The number of hydrogen-bond acceptors (Lipinski definition) is 6. The summed E-state index contributed by atoms with van der Waals surface area (Å²) < 4.78 is 18.4. The molecule has 1 fully saturated rings. The fourth-order valence-electron chi connectivity index (χ4n) is 4.47. The highest BCUT2D eigenvalue weighted by Crippen LogP contribution is 2.30. The van der Waals surface area contributed by atoms with Gasteiger partial charge in [-0.15, -0.1) is 11.3 Å². The molecule has 1 saturated heterocycles. The van der Waals surface area contributed by atoms with Crippen LogP contribution in [0.3, 0.4) is 0 Å². The highest BCUT2D eigenvalue weighted by Gasteiger charge is 2.32. The molecule has 1 aliphatic rings. The average molecular weight is 511 g/mol. The molecule has 3 aromatic rings. The Balaban J connectivity index is 1.35. The molecule has 2 N–H and O–H groups in total. The van der Waals surface area contributed by atoms with Gasteiger partial charge in [-0.3, -0.25) is 14.5 Å². The maximum atomic E-state index is 13.3. The van der Waals surface area contributed by atoms with Gasteiger partial charge in [0.1, 0.15) is 11.6 Å². The van der Waals surface area contributed by atoms with Gasteiger partial charge in [-0.25, -0.2) is 4.39 Å². The van der Waals surface area contributed by atoms with Gasteiger partial charge < -0.3 is 20.3 Å². The van der Waals surface area contributed by atoms with Crippen LogP contribution in [0.15, 0.2) is 66.0 Å². The molecule has 190 valence electrons. The summed E-state index contributed by atoms with van der Waals surface area (Å²) in [6, 6.07) is 17.6. The van der Waals surface area contributed by atoms with E-state index in [1.54, 1.807) is 30.6 Å². The van der Waals surface area contributed by atoms with E-state index in [9.17, 15) is 14.0 Å². The summed E-state index contributed by atoms with van der Waals surface area (Å²) in [4.78, 5) is 30.9. The number of rotatable bonds is 8. The number of nitrogens with zero attached hydrogens (tertiary/aromatic N) is 2. The smallest absolute Gasteiger partial charge is 0.309 e. The maximum absolute atomic E-state index is 13.3. The molecule has 7 nitrogen and oxygen atoms in total. The number of benzene rings is 2. The fourth-order valence-corrected chi connectivity index (χ4v) is 5.43. The molecule has 2 heterocycles. The topological polar surface area (TPSA) is 73.9 Å². The van der Waals surface area contributed by atoms with Gasteiger partial charge in [0, 0.05) is 49.3 Å². The van der Waals surface area contributed by atoms with Crippen molar-refractivity contribution < 1.29 is 18.7 Å². The molecular weight excluding hydrogens is 479 g/mol. The van der Waals surface area contributed by atoms with Crippen molar-refractivity contribution in [2.45, 2.75) is 25.6 Å². The van der Waals surface area contributed by atoms with E-state index in [1.165, 1.54) is 12.1 Å². The molecule has 1 aromatic heterocycles. The van der Waals surface area contributed by atoms with Crippen molar-refractivity contribution in [2.24, 2.45) is 0 Å². The molecule has 0 bridgehead atoms. The van der Waals surface area contributed by atoms with Gasteiger partial charge in [0.05, 0.1) is 13.2 Å². The molecule has 0 saturated carbocycles. The van der Waals surface area contributed by atoms with Crippen molar-refractivity contribution in [1.29, 1.82) is 0 Å². The number of methoxy groups -OCH3 is 1. The lowest BCUT2D eigenvalue weighted by Gasteiger charge is -2.42. The minimum Gasteiger partial charge on any atom is -0.497 e. The normalized spacial score (nSPS) is 15.7. The first kappa shape index (κ1) is 25.7. The van der Waals surface area contributed by atoms with Crippen LogP contribution in [0.25, 0.3) is 0 Å². The summed E-state index contributed by atoms with van der Waals surface area (Å²) >= 11 is 1.64. The molecule has 36 heavy (non-hydrogen) atoms. The summed E-state index contributed by atoms with van der Waals surface area (Å²) in [5, 5.41) is 7.62. The van der Waals surface area contributed by atoms with E-state index in [1.807, 2.05) is 42.6 Å². The van der Waals surface area contributed by atoms with Crippen LogP contribution in [-0.2, 0) is 16.1 Å². The number of anilines is 1. The molecule has 1 aliphatic heterocycles. The first-order valence-corrected chi connectivity index (χ1v) is 12.8. The van der Waals surface area contributed by atoms with E-state index in [2.05, 4.69) is 26.5 Å². The van der Waals surface area contributed by atoms with Crippen molar-refractivity contribution >= 4 is 28.8 Å². The van der Waals surface area contributed by atoms with Gasteiger partial charge in [0.15, 0.2) is 0 Å². The van der Waals surface area contributed by atoms with E-state index in [0.29, 0.717) is 0 Å². The quantitative estimate of drug-likeness (QED) is 0.453. The Hall–Kier alpha value is -3.43. The molecular formula is C27H31FN4O3S. The highest BCUT2D eigenvalue weighted by molar-refractivity contribution is 7.10. The Morgan fingerprint density at radius 2 is 1.69 bits per heavy atom. The van der Waals surface area contributed by atoms with E-state index >= 15 is 0 Å². The third-order valence-electron chi connectivity index (χ3n) is 6.38. The van der Waals surface area contributed by atoms with Crippen LogP contribution in [0, 0.1) is 5.82 Å². The van der Waals surface area contributed by atoms with E-state index < -0.39 is 11.8 Å². The first-order valence-electron chi connectivity index (χ1n) is 11.9. The lowest BCUT2D eigenvalue weighted by molar-refractivity contribution is -0.140. The van der Waals surface area contributed by atoms with Crippen molar-refractivity contribution in [3.63, 3.8) is 0 Å². The van der Waals surface area contributed by atoms with Crippen LogP contribution in [0.1, 0.15) is 23.4 Å². The minimum absolute atomic E-state index is 0.0568. The van der Waals surface area contributed by atoms with Crippen LogP contribution < -0.4 is 20.3 Å². The molecule has 2 atom stereocenters. The number of hydrogen-bond donors (Lipinski definition) is 2. The zero-order chi connectivity index (χ0) is 25.5. The molecule has 0 radical (unpaired) electrons. The second-order valence-electron chi connectivity index (χ2n) is 8.75. The molecule has 4 rings (SSSR count). The number of thiophene rings is 1. The van der Waals surface area contributed by atoms with Crippen molar-refractivity contribution in [3.8, 4) is 5.75 Å². The van der Waals surface area contributed by atoms with E-state index in [0.717, 1.165) is 48.1 Å². The largest absolute Gasteiger partial charge is 0.497 e. The summed E-state index contributed by atoms with van der Waals surface area (Å²) in [6.07, 6.45) is 0. The second-order valence-corrected chi connectivity index (χ2v) is 9.73. The average Bonchev–Trinajstić information content (AvgIpc) is 3.43. The monoisotopic (exact) mass is 510 g/mol. The Morgan fingerprint density at radius 1 is 1.00 bits per heavy atom. The van der Waals surface area contributed by atoms with Gasteiger partial charge in [-0.05, 0) is 60.3 Å². The number of piperazine rings is 1. The Labute approximate surface area is 214 Å². The Kier molecular flexibility index (Phi) is 8.56. The number of carbonyl (C=O) groups excluding carboxylic acids is 2. The van der Waals surface area contributed by atoms with Crippen LogP contribution in [0.4, 0.5) is 10.1 Å². The van der Waals surface area contributed by atoms with Gasteiger partial charge >= 0.3 is 11.8 Å². The van der Waals surface area contributed by atoms with Crippen LogP contribution >= 0.6 is 11.3 Å². The van der Waals surface area contributed by atoms with Gasteiger partial charge in [-0.1, -0.05) is 18.2 Å². The Morgan fingerprint density at radius 3 is 2.31 bits per heavy atom. The second kappa shape index (κ2) is 12.0. The summed E-state index contributed by atoms with van der Waals surface area (Å²) in [7, 11) is 1.59. The van der Waals surface area contributed by atoms with Gasteiger partial charge in [0.2, 0.25) is 0 Å². The molecule has 2 aromatic carbocycles. The first-order chi connectivity index (χ1) is 17.4. The van der Waals surface area contributed by atoms with E-state index in [-0.39, 0.29) is 24.4 Å². The predicted molar refractivity (Wildman–Crippen MR) is 140 cm³/mol. The third kappa shape index (κ3) is 6.41. The van der Waals surface area contributed by atoms with Gasteiger partial charge in [0.25, 0.3) is 0 Å².